The molecule has 1 heterocycles. The van der Waals surface area contributed by atoms with Crippen molar-refractivity contribution in [1.82, 2.24) is 15.3 Å². The quantitative estimate of drug-likeness (QED) is 0.514. The lowest BCUT2D eigenvalue weighted by Crippen LogP contribution is -2.43. The Bertz CT molecular complexity index is 760. The van der Waals surface area contributed by atoms with Crippen LogP contribution < -0.4 is 10.1 Å². The fourth-order valence-corrected chi connectivity index (χ4v) is 3.18. The minimum atomic E-state index is -0.627. The number of ether oxygens (including phenoxy) is 2. The zero-order valence-electron chi connectivity index (χ0n) is 15.5. The monoisotopic (exact) mass is 379 g/mol. The summed E-state index contributed by atoms with van der Waals surface area (Å²) in [5.41, 5.74) is 1.66. The van der Waals surface area contributed by atoms with Crippen LogP contribution in [0.5, 0.6) is 5.75 Å². The highest BCUT2D eigenvalue weighted by Gasteiger charge is 2.22. The second-order valence-corrected chi connectivity index (χ2v) is 7.18. The predicted molar refractivity (Wildman–Crippen MR) is 101 cm³/mol. The van der Waals surface area contributed by atoms with Crippen molar-refractivity contribution >= 4 is 34.7 Å². The molecule has 0 radical (unpaired) electrons. The number of esters is 1. The van der Waals surface area contributed by atoms with Crippen molar-refractivity contribution < 1.29 is 19.1 Å². The van der Waals surface area contributed by atoms with Crippen LogP contribution in [0.15, 0.2) is 23.4 Å². The van der Waals surface area contributed by atoms with E-state index in [4.69, 9.17) is 9.47 Å². The van der Waals surface area contributed by atoms with E-state index in [2.05, 4.69) is 15.3 Å². The summed E-state index contributed by atoms with van der Waals surface area (Å²) in [7, 11) is 1.32. The molecule has 2 N–H and O–H groups in total. The van der Waals surface area contributed by atoms with Crippen LogP contribution in [0.3, 0.4) is 0 Å². The maximum absolute atomic E-state index is 12.2. The minimum absolute atomic E-state index is 0.156. The van der Waals surface area contributed by atoms with Gasteiger partial charge in [0, 0.05) is 6.07 Å². The predicted octanol–water partition coefficient (Wildman–Crippen LogP) is 2.76. The average Bonchev–Trinajstić information content (AvgIpc) is 3.01. The second kappa shape index (κ2) is 9.47. The smallest absolute Gasteiger partial charge is 0.328 e. The number of hydrogen-bond donors (Lipinski definition) is 2. The van der Waals surface area contributed by atoms with Gasteiger partial charge >= 0.3 is 5.97 Å². The molecule has 0 bridgehead atoms. The van der Waals surface area contributed by atoms with Gasteiger partial charge in [-0.25, -0.2) is 9.78 Å². The van der Waals surface area contributed by atoms with Crippen LogP contribution >= 0.6 is 11.8 Å². The first kappa shape index (κ1) is 20.1. The van der Waals surface area contributed by atoms with E-state index < -0.39 is 12.0 Å². The maximum Gasteiger partial charge on any atom is 0.328 e. The van der Waals surface area contributed by atoms with Gasteiger partial charge in [-0.05, 0) is 31.4 Å². The van der Waals surface area contributed by atoms with Crippen molar-refractivity contribution in [3.8, 4) is 5.75 Å². The molecule has 0 spiro atoms. The topological polar surface area (TPSA) is 93.3 Å². The van der Waals surface area contributed by atoms with Crippen molar-refractivity contribution in [3.63, 3.8) is 0 Å². The highest BCUT2D eigenvalue weighted by atomic mass is 32.2. The molecule has 26 heavy (non-hydrogen) atoms. The van der Waals surface area contributed by atoms with Gasteiger partial charge in [-0.3, -0.25) is 4.79 Å². The standard InChI is InChI=1S/C18H25N3O4S/c1-5-25-12-6-7-13-14(9-12)21-18(20-13)26-10-16(22)19-15(8-11(2)3)17(23)24-4/h6-7,9,11,15H,5,8,10H2,1-4H3,(H,19,22)(H,20,21)/t15-/m1/s1. The molecule has 0 aliphatic heterocycles. The van der Waals surface area contributed by atoms with E-state index in [9.17, 15) is 9.59 Å². The van der Waals surface area contributed by atoms with Gasteiger partial charge < -0.3 is 19.8 Å². The molecule has 7 nitrogen and oxygen atoms in total. The summed E-state index contributed by atoms with van der Waals surface area (Å²) in [5, 5.41) is 3.37. The molecule has 0 aliphatic rings. The fourth-order valence-electron chi connectivity index (χ4n) is 2.49. The Morgan fingerprint density at radius 3 is 2.77 bits per heavy atom. The summed E-state index contributed by atoms with van der Waals surface area (Å²) >= 11 is 1.28. The fraction of sp³-hybridized carbons (Fsp3) is 0.500. The van der Waals surface area contributed by atoms with Crippen molar-refractivity contribution in [2.24, 2.45) is 5.92 Å². The number of amides is 1. The van der Waals surface area contributed by atoms with E-state index in [1.165, 1.54) is 18.9 Å². The van der Waals surface area contributed by atoms with Gasteiger partial charge in [0.25, 0.3) is 0 Å². The molecule has 0 fully saturated rings. The number of aromatic nitrogens is 2. The first-order valence-corrected chi connectivity index (χ1v) is 9.54. The molecule has 2 aromatic rings. The largest absolute Gasteiger partial charge is 0.494 e. The first-order valence-electron chi connectivity index (χ1n) is 8.55. The molecule has 0 saturated carbocycles. The van der Waals surface area contributed by atoms with E-state index in [0.717, 1.165) is 16.8 Å². The number of methoxy groups -OCH3 is 1. The van der Waals surface area contributed by atoms with E-state index in [1.807, 2.05) is 39.0 Å². The Labute approximate surface area is 157 Å². The van der Waals surface area contributed by atoms with Crippen LogP contribution in [-0.4, -0.2) is 47.4 Å². The molecule has 0 unspecified atom stereocenters. The van der Waals surface area contributed by atoms with Crippen LogP contribution in [0.4, 0.5) is 0 Å². The molecule has 0 saturated heterocycles. The average molecular weight is 379 g/mol. The normalized spacial score (nSPS) is 12.2. The van der Waals surface area contributed by atoms with E-state index in [1.54, 1.807) is 0 Å². The van der Waals surface area contributed by atoms with E-state index in [-0.39, 0.29) is 17.6 Å². The SMILES string of the molecule is CCOc1ccc2nc(SCC(=O)N[C@H](CC(C)C)C(=O)OC)[nH]c2c1. The van der Waals surface area contributed by atoms with Gasteiger partial charge in [0.2, 0.25) is 5.91 Å². The van der Waals surface area contributed by atoms with Crippen LogP contribution in [0.2, 0.25) is 0 Å². The third-order valence-corrected chi connectivity index (χ3v) is 4.48. The molecule has 1 aromatic carbocycles. The van der Waals surface area contributed by atoms with Gasteiger partial charge in [0.1, 0.15) is 11.8 Å². The Morgan fingerprint density at radius 2 is 2.12 bits per heavy atom. The number of carbonyl (C=O) groups is 2. The number of H-pyrrole nitrogens is 1. The lowest BCUT2D eigenvalue weighted by molar-refractivity contribution is -0.145. The van der Waals surface area contributed by atoms with Crippen LogP contribution in [0, 0.1) is 5.92 Å². The summed E-state index contributed by atoms with van der Waals surface area (Å²) in [5.74, 6) is 0.532. The number of imidazole rings is 1. The van der Waals surface area contributed by atoms with E-state index in [0.29, 0.717) is 18.2 Å². The molecule has 1 amide bonds. The van der Waals surface area contributed by atoms with E-state index >= 15 is 0 Å². The molecular formula is C18H25N3O4S. The zero-order chi connectivity index (χ0) is 19.1. The Balaban J connectivity index is 1.95. The van der Waals surface area contributed by atoms with Crippen molar-refractivity contribution in [2.45, 2.75) is 38.4 Å². The van der Waals surface area contributed by atoms with Crippen molar-refractivity contribution in [3.05, 3.63) is 18.2 Å². The third-order valence-electron chi connectivity index (χ3n) is 3.61. The Kier molecular flexibility index (Phi) is 7.32. The van der Waals surface area contributed by atoms with Crippen LogP contribution in [0.1, 0.15) is 27.2 Å². The number of benzene rings is 1. The molecule has 8 heteroatoms. The van der Waals surface area contributed by atoms with Gasteiger partial charge in [-0.15, -0.1) is 0 Å². The number of nitrogens with one attached hydrogen (secondary N) is 2. The summed E-state index contributed by atoms with van der Waals surface area (Å²) in [6.07, 6.45) is 0.536. The molecule has 2 rings (SSSR count). The number of nitrogens with zero attached hydrogens (tertiary/aromatic N) is 1. The number of carbonyl (C=O) groups excluding carboxylic acids is 2. The number of fused-ring (bicyclic) bond motifs is 1. The number of hydrogen-bond acceptors (Lipinski definition) is 6. The molecule has 0 aliphatic carbocycles. The van der Waals surface area contributed by atoms with Gasteiger partial charge in [0.15, 0.2) is 5.16 Å². The summed E-state index contributed by atoms with van der Waals surface area (Å²) in [4.78, 5) is 31.6. The third kappa shape index (κ3) is 5.66. The first-order chi connectivity index (χ1) is 12.4. The van der Waals surface area contributed by atoms with Gasteiger partial charge in [-0.1, -0.05) is 25.6 Å². The minimum Gasteiger partial charge on any atom is -0.494 e. The Hall–Kier alpha value is -2.22. The number of thioether (sulfide) groups is 1. The molecule has 1 aromatic heterocycles. The van der Waals surface area contributed by atoms with Crippen molar-refractivity contribution in [2.75, 3.05) is 19.5 Å². The second-order valence-electron chi connectivity index (χ2n) is 6.22. The van der Waals surface area contributed by atoms with Crippen LogP contribution in [-0.2, 0) is 14.3 Å². The van der Waals surface area contributed by atoms with Gasteiger partial charge in [0.05, 0.1) is 30.5 Å². The molecular weight excluding hydrogens is 354 g/mol. The van der Waals surface area contributed by atoms with Gasteiger partial charge in [-0.2, -0.15) is 0 Å². The lowest BCUT2D eigenvalue weighted by atomic mass is 10.0. The number of aromatic amines is 1. The molecule has 1 atom stereocenters. The molecule has 142 valence electrons. The highest BCUT2D eigenvalue weighted by molar-refractivity contribution is 7.99. The summed E-state index contributed by atoms with van der Waals surface area (Å²) in [6, 6.07) is 4.99. The maximum atomic E-state index is 12.2. The Morgan fingerprint density at radius 1 is 1.35 bits per heavy atom. The highest BCUT2D eigenvalue weighted by Crippen LogP contribution is 2.23. The number of rotatable bonds is 9. The zero-order valence-corrected chi connectivity index (χ0v) is 16.3. The summed E-state index contributed by atoms with van der Waals surface area (Å²) < 4.78 is 10.2. The van der Waals surface area contributed by atoms with Crippen molar-refractivity contribution in [1.29, 1.82) is 0 Å². The van der Waals surface area contributed by atoms with Crippen LogP contribution in [0.25, 0.3) is 11.0 Å². The summed E-state index contributed by atoms with van der Waals surface area (Å²) in [6.45, 7) is 6.50. The lowest BCUT2D eigenvalue weighted by Gasteiger charge is -2.18.